The van der Waals surface area contributed by atoms with E-state index < -0.39 is 29.5 Å². The van der Waals surface area contributed by atoms with Gasteiger partial charge in [0.2, 0.25) is 0 Å². The van der Waals surface area contributed by atoms with Gasteiger partial charge in [0.25, 0.3) is 5.54 Å². The third-order valence-corrected chi connectivity index (χ3v) is 5.34. The molecular formula is C24H28N2O7. The van der Waals surface area contributed by atoms with Gasteiger partial charge < -0.3 is 29.2 Å². The van der Waals surface area contributed by atoms with E-state index >= 15 is 0 Å². The summed E-state index contributed by atoms with van der Waals surface area (Å²) in [5.74, 6) is -1.74. The average molecular weight is 456 g/mol. The Balaban J connectivity index is 2.21. The Hall–Kier alpha value is -3.75. The number of anilines is 2. The molecule has 0 saturated carbocycles. The molecule has 176 valence electrons. The minimum absolute atomic E-state index is 0.00510. The van der Waals surface area contributed by atoms with Crippen LogP contribution >= 0.6 is 0 Å². The standard InChI is InChI=1S/C24H28N2O7/c1-5-26-18-10-8-9-11-19(18)33-23(29)24(26,22(28)32-7-3)20(21(27)31-6-2)25-16-12-14-17(30-4)15-13-16/h8-15,20,25H,5-7H2,1-4H3. The topological polar surface area (TPSA) is 103 Å². The summed E-state index contributed by atoms with van der Waals surface area (Å²) in [6.45, 7) is 5.32. The van der Waals surface area contributed by atoms with E-state index in [2.05, 4.69) is 5.32 Å². The summed E-state index contributed by atoms with van der Waals surface area (Å²) in [6.07, 6.45) is 0. The first-order valence-electron chi connectivity index (χ1n) is 10.8. The fourth-order valence-corrected chi connectivity index (χ4v) is 3.90. The first-order valence-corrected chi connectivity index (χ1v) is 10.8. The largest absolute Gasteiger partial charge is 0.497 e. The van der Waals surface area contributed by atoms with Crippen molar-refractivity contribution in [2.75, 3.05) is 37.1 Å². The molecule has 2 unspecified atom stereocenters. The van der Waals surface area contributed by atoms with Gasteiger partial charge >= 0.3 is 17.9 Å². The van der Waals surface area contributed by atoms with Crippen LogP contribution in [-0.4, -0.2) is 56.4 Å². The predicted octanol–water partition coefficient (Wildman–Crippen LogP) is 2.79. The molecule has 0 aliphatic carbocycles. The Morgan fingerprint density at radius 1 is 1.03 bits per heavy atom. The number of ether oxygens (including phenoxy) is 4. The van der Waals surface area contributed by atoms with Crippen molar-refractivity contribution in [1.29, 1.82) is 0 Å². The predicted molar refractivity (Wildman–Crippen MR) is 121 cm³/mol. The average Bonchev–Trinajstić information content (AvgIpc) is 2.82. The van der Waals surface area contributed by atoms with Crippen LogP contribution in [0.25, 0.3) is 0 Å². The second kappa shape index (κ2) is 10.2. The maximum Gasteiger partial charge on any atom is 0.352 e. The summed E-state index contributed by atoms with van der Waals surface area (Å²) >= 11 is 0. The highest BCUT2D eigenvalue weighted by molar-refractivity contribution is 6.16. The molecular weight excluding hydrogens is 428 g/mol. The maximum atomic E-state index is 13.6. The number of methoxy groups -OCH3 is 1. The molecule has 0 amide bonds. The lowest BCUT2D eigenvalue weighted by Gasteiger charge is -2.47. The van der Waals surface area contributed by atoms with Crippen molar-refractivity contribution in [3.8, 4) is 11.5 Å². The molecule has 2 aromatic rings. The first kappa shape index (κ1) is 23.9. The van der Waals surface area contributed by atoms with E-state index in [0.717, 1.165) is 0 Å². The van der Waals surface area contributed by atoms with E-state index in [1.54, 1.807) is 69.3 Å². The van der Waals surface area contributed by atoms with Gasteiger partial charge in [0.15, 0.2) is 11.8 Å². The van der Waals surface area contributed by atoms with Crippen LogP contribution in [0, 0.1) is 0 Å². The molecule has 33 heavy (non-hydrogen) atoms. The van der Waals surface area contributed by atoms with E-state index in [9.17, 15) is 14.4 Å². The number of benzene rings is 2. The molecule has 1 N–H and O–H groups in total. The Kier molecular flexibility index (Phi) is 7.42. The molecule has 2 aromatic carbocycles. The molecule has 3 rings (SSSR count). The second-order valence-corrected chi connectivity index (χ2v) is 7.15. The number of rotatable bonds is 9. The quantitative estimate of drug-likeness (QED) is 0.346. The molecule has 9 heteroatoms. The normalized spacial score (nSPS) is 17.9. The third kappa shape index (κ3) is 4.30. The number of nitrogens with zero attached hydrogens (tertiary/aromatic N) is 1. The van der Waals surface area contributed by atoms with Crippen LogP contribution in [0.1, 0.15) is 20.8 Å². The van der Waals surface area contributed by atoms with E-state index in [-0.39, 0.29) is 25.5 Å². The highest BCUT2D eigenvalue weighted by Gasteiger charge is 2.65. The number of likely N-dealkylation sites (N-methyl/N-ethyl adjacent to an activating group) is 1. The van der Waals surface area contributed by atoms with Gasteiger partial charge in [0.05, 0.1) is 26.0 Å². The SMILES string of the molecule is CCOC(=O)C(Nc1ccc(OC)cc1)C1(C(=O)OCC)C(=O)Oc2ccccc2N1CC. The summed E-state index contributed by atoms with van der Waals surface area (Å²) in [7, 11) is 1.54. The number of para-hydroxylation sites is 2. The Bertz CT molecular complexity index is 1010. The second-order valence-electron chi connectivity index (χ2n) is 7.15. The van der Waals surface area contributed by atoms with Crippen LogP contribution in [0.5, 0.6) is 11.5 Å². The molecule has 0 fully saturated rings. The van der Waals surface area contributed by atoms with Gasteiger partial charge in [-0.25, -0.2) is 14.4 Å². The molecule has 0 aromatic heterocycles. The summed E-state index contributed by atoms with van der Waals surface area (Å²) in [5, 5.41) is 3.02. The van der Waals surface area contributed by atoms with Crippen molar-refractivity contribution < 1.29 is 33.3 Å². The van der Waals surface area contributed by atoms with Crippen LogP contribution in [0.4, 0.5) is 11.4 Å². The lowest BCUT2D eigenvalue weighted by molar-refractivity contribution is -0.166. The Labute approximate surface area is 192 Å². The fourth-order valence-electron chi connectivity index (χ4n) is 3.90. The van der Waals surface area contributed by atoms with Crippen molar-refractivity contribution in [3.05, 3.63) is 48.5 Å². The van der Waals surface area contributed by atoms with Crippen LogP contribution in [0.3, 0.4) is 0 Å². The highest BCUT2D eigenvalue weighted by Crippen LogP contribution is 2.42. The van der Waals surface area contributed by atoms with Crippen molar-refractivity contribution in [3.63, 3.8) is 0 Å². The number of esters is 3. The lowest BCUT2D eigenvalue weighted by Crippen LogP contribution is -2.74. The van der Waals surface area contributed by atoms with Crippen LogP contribution < -0.4 is 19.7 Å². The first-order chi connectivity index (χ1) is 15.9. The Morgan fingerprint density at radius 2 is 1.70 bits per heavy atom. The smallest absolute Gasteiger partial charge is 0.352 e. The third-order valence-electron chi connectivity index (χ3n) is 5.34. The molecule has 1 aliphatic rings. The molecule has 1 aliphatic heterocycles. The molecule has 9 nitrogen and oxygen atoms in total. The van der Waals surface area contributed by atoms with Crippen molar-refractivity contribution in [2.24, 2.45) is 0 Å². The van der Waals surface area contributed by atoms with Crippen LogP contribution in [-0.2, 0) is 23.9 Å². The number of hydrogen-bond acceptors (Lipinski definition) is 9. The molecule has 1 heterocycles. The fraction of sp³-hybridized carbons (Fsp3) is 0.375. The van der Waals surface area contributed by atoms with E-state index in [4.69, 9.17) is 18.9 Å². The van der Waals surface area contributed by atoms with Gasteiger partial charge in [0.1, 0.15) is 5.75 Å². The minimum Gasteiger partial charge on any atom is -0.497 e. The van der Waals surface area contributed by atoms with Gasteiger partial charge in [-0.3, -0.25) is 0 Å². The Morgan fingerprint density at radius 3 is 2.30 bits per heavy atom. The molecule has 0 saturated heterocycles. The maximum absolute atomic E-state index is 13.6. The number of carbonyl (C=O) groups excluding carboxylic acids is 3. The van der Waals surface area contributed by atoms with Gasteiger partial charge in [-0.1, -0.05) is 12.1 Å². The number of fused-ring (bicyclic) bond motifs is 1. The number of hydrogen-bond donors (Lipinski definition) is 1. The van der Waals surface area contributed by atoms with Crippen molar-refractivity contribution in [1.82, 2.24) is 0 Å². The minimum atomic E-state index is -2.16. The summed E-state index contributed by atoms with van der Waals surface area (Å²) < 4.78 is 21.4. The van der Waals surface area contributed by atoms with Gasteiger partial charge in [-0.2, -0.15) is 0 Å². The van der Waals surface area contributed by atoms with Crippen molar-refractivity contribution >= 4 is 29.3 Å². The molecule has 0 spiro atoms. The van der Waals surface area contributed by atoms with E-state index in [0.29, 0.717) is 17.1 Å². The summed E-state index contributed by atoms with van der Waals surface area (Å²) in [6, 6.07) is 12.1. The van der Waals surface area contributed by atoms with Crippen molar-refractivity contribution in [2.45, 2.75) is 32.4 Å². The monoisotopic (exact) mass is 456 g/mol. The summed E-state index contributed by atoms with van der Waals surface area (Å²) in [4.78, 5) is 41.9. The zero-order chi connectivity index (χ0) is 24.0. The van der Waals surface area contributed by atoms with E-state index in [1.165, 1.54) is 12.0 Å². The lowest BCUT2D eigenvalue weighted by atomic mass is 9.85. The van der Waals surface area contributed by atoms with Crippen LogP contribution in [0.15, 0.2) is 48.5 Å². The number of carbonyl (C=O) groups is 3. The van der Waals surface area contributed by atoms with Gasteiger partial charge in [-0.05, 0) is 57.2 Å². The van der Waals surface area contributed by atoms with Gasteiger partial charge in [0, 0.05) is 12.2 Å². The van der Waals surface area contributed by atoms with E-state index in [1.807, 2.05) is 0 Å². The zero-order valence-electron chi connectivity index (χ0n) is 19.1. The van der Waals surface area contributed by atoms with Crippen LogP contribution in [0.2, 0.25) is 0 Å². The van der Waals surface area contributed by atoms with Gasteiger partial charge in [-0.15, -0.1) is 0 Å². The molecule has 2 atom stereocenters. The zero-order valence-corrected chi connectivity index (χ0v) is 19.1. The number of nitrogens with one attached hydrogen (secondary N) is 1. The molecule has 0 bridgehead atoms. The highest BCUT2D eigenvalue weighted by atomic mass is 16.6. The molecule has 0 radical (unpaired) electrons. The summed E-state index contributed by atoms with van der Waals surface area (Å²) in [5.41, 5.74) is -1.20.